The van der Waals surface area contributed by atoms with Crippen molar-refractivity contribution >= 4 is 37.1 Å². The highest BCUT2D eigenvalue weighted by Crippen LogP contribution is 2.51. The number of fused-ring (bicyclic) bond motifs is 5. The predicted octanol–water partition coefficient (Wildman–Crippen LogP) is 11.7. The van der Waals surface area contributed by atoms with E-state index < -0.39 is 0 Å². The fourth-order valence-electron chi connectivity index (χ4n) is 6.31. The molecule has 2 aromatic heterocycles. The highest BCUT2D eigenvalue weighted by molar-refractivity contribution is 7.26. The average molecular weight is 625 g/mol. The van der Waals surface area contributed by atoms with E-state index in [2.05, 4.69) is 112 Å². The second-order valence-electron chi connectivity index (χ2n) is 12.4. The molecule has 0 unspecified atom stereocenters. The maximum absolute atomic E-state index is 6.75. The summed E-state index contributed by atoms with van der Waals surface area (Å²) in [5, 5.41) is 2.47. The van der Waals surface area contributed by atoms with Gasteiger partial charge in [-0.2, -0.15) is 0 Å². The summed E-state index contributed by atoms with van der Waals surface area (Å²) in [4.78, 5) is 10.0. The fraction of sp³-hybridized carbons (Fsp3) is 0.0698. The van der Waals surface area contributed by atoms with Crippen molar-refractivity contribution < 1.29 is 4.74 Å². The van der Waals surface area contributed by atoms with Gasteiger partial charge in [0.1, 0.15) is 11.5 Å². The van der Waals surface area contributed by atoms with Gasteiger partial charge in [0.2, 0.25) is 0 Å². The highest BCUT2D eigenvalue weighted by atomic mass is 32.1. The van der Waals surface area contributed by atoms with E-state index in [1.165, 1.54) is 15.5 Å². The molecule has 3 nitrogen and oxygen atoms in total. The molecule has 0 fully saturated rings. The van der Waals surface area contributed by atoms with Crippen LogP contribution < -0.4 is 4.74 Å². The molecule has 4 heteroatoms. The van der Waals surface area contributed by atoms with Crippen molar-refractivity contribution in [2.75, 3.05) is 0 Å². The number of hydrogen-bond donors (Lipinski definition) is 0. The first-order valence-electron chi connectivity index (χ1n) is 15.7. The van der Waals surface area contributed by atoms with Crippen molar-refractivity contribution in [1.29, 1.82) is 0 Å². The number of benzene rings is 5. The Kier molecular flexibility index (Phi) is 6.96. The normalized spacial score (nSPS) is 14.7. The molecule has 0 atom stereocenters. The Hall–Kier alpha value is -5.58. The fourth-order valence-corrected chi connectivity index (χ4v) is 7.49. The van der Waals surface area contributed by atoms with E-state index in [9.17, 15) is 0 Å². The Morgan fingerprint density at radius 1 is 0.702 bits per heavy atom. The summed E-state index contributed by atoms with van der Waals surface area (Å²) in [6, 6.07) is 43.7. The van der Waals surface area contributed by atoms with Crippen LogP contribution in [0.2, 0.25) is 0 Å². The lowest BCUT2D eigenvalue weighted by Gasteiger charge is -2.36. The summed E-state index contributed by atoms with van der Waals surface area (Å²) in [6.07, 6.45) is 2.02. The molecule has 0 bridgehead atoms. The van der Waals surface area contributed by atoms with E-state index in [0.717, 1.165) is 66.6 Å². The molecule has 0 saturated heterocycles. The van der Waals surface area contributed by atoms with Crippen molar-refractivity contribution in [2.24, 2.45) is 0 Å². The zero-order valence-corrected chi connectivity index (χ0v) is 27.1. The van der Waals surface area contributed by atoms with E-state index in [1.807, 2.05) is 48.5 Å². The van der Waals surface area contributed by atoms with E-state index in [-0.39, 0.29) is 5.41 Å². The van der Waals surface area contributed by atoms with Crippen LogP contribution in [0, 0.1) is 0 Å². The minimum atomic E-state index is -0.314. The second kappa shape index (κ2) is 11.3. The molecular weight excluding hydrogens is 593 g/mol. The van der Waals surface area contributed by atoms with E-state index in [1.54, 1.807) is 11.3 Å². The van der Waals surface area contributed by atoms with E-state index in [0.29, 0.717) is 5.82 Å². The predicted molar refractivity (Wildman–Crippen MR) is 198 cm³/mol. The molecule has 0 spiro atoms. The Balaban J connectivity index is 1.19. The molecule has 0 amide bonds. The second-order valence-corrected chi connectivity index (χ2v) is 13.5. The maximum atomic E-state index is 6.75. The molecule has 8 rings (SSSR count). The molecule has 47 heavy (non-hydrogen) atoms. The van der Waals surface area contributed by atoms with E-state index in [4.69, 9.17) is 14.7 Å². The first-order chi connectivity index (χ1) is 22.9. The molecular formula is C43H32N2OS. The van der Waals surface area contributed by atoms with Crippen molar-refractivity contribution in [3.63, 3.8) is 0 Å². The Bertz CT molecular complexity index is 2320. The van der Waals surface area contributed by atoms with Crippen LogP contribution in [0.4, 0.5) is 0 Å². The van der Waals surface area contributed by atoms with Crippen molar-refractivity contribution in [2.45, 2.75) is 19.3 Å². The van der Waals surface area contributed by atoms with Crippen LogP contribution >= 0.6 is 11.3 Å². The molecule has 7 aromatic rings. The molecule has 5 aromatic carbocycles. The topological polar surface area (TPSA) is 35.0 Å². The summed E-state index contributed by atoms with van der Waals surface area (Å²) in [7, 11) is 0. The van der Waals surface area contributed by atoms with Crippen LogP contribution in [0.25, 0.3) is 59.6 Å². The molecule has 0 radical (unpaired) electrons. The quantitative estimate of drug-likeness (QED) is 0.191. The summed E-state index contributed by atoms with van der Waals surface area (Å²) in [6.45, 7) is 13.4. The molecule has 0 N–H and O–H groups in total. The SMILES string of the molecule is C=C(/C=C1/Oc2c(ccc3c2sc2ccccc23)C(C)(C)C1=C)c1cccc(-c2nc(-c3ccccc3)cc(-c3ccccc3)n2)c1. The molecule has 1 aliphatic rings. The average Bonchev–Trinajstić information content (AvgIpc) is 3.50. The number of hydrogen-bond acceptors (Lipinski definition) is 4. The summed E-state index contributed by atoms with van der Waals surface area (Å²) in [5.74, 6) is 2.30. The third-order valence-corrected chi connectivity index (χ3v) is 10.3. The van der Waals surface area contributed by atoms with Crippen molar-refractivity contribution in [1.82, 2.24) is 9.97 Å². The van der Waals surface area contributed by atoms with Crippen LogP contribution in [-0.4, -0.2) is 9.97 Å². The van der Waals surface area contributed by atoms with Gasteiger partial charge >= 0.3 is 0 Å². The standard InChI is InChI=1S/C43H32N2OS/c1-27(24-38-28(2)43(3,4)35-23-22-34-33-20-11-12-21-39(33)47-41(34)40(35)46-38)31-18-13-19-32(25-31)42-44-36(29-14-7-5-8-15-29)26-37(45-42)30-16-9-6-10-17-30/h5-26H,1-2H2,3-4H3/b38-24+. The number of thiophene rings is 1. The zero-order valence-electron chi connectivity index (χ0n) is 26.3. The first kappa shape index (κ1) is 28.9. The van der Waals surface area contributed by atoms with Gasteiger partial charge in [0.15, 0.2) is 5.82 Å². The Labute approximate surface area is 278 Å². The number of aromatic nitrogens is 2. The number of rotatable bonds is 5. The highest BCUT2D eigenvalue weighted by Gasteiger charge is 2.37. The van der Waals surface area contributed by atoms with Crippen LogP contribution in [0.3, 0.4) is 0 Å². The van der Waals surface area contributed by atoms with Crippen molar-refractivity contribution in [3.8, 4) is 39.7 Å². The van der Waals surface area contributed by atoms with Crippen LogP contribution in [0.1, 0.15) is 25.0 Å². The third kappa shape index (κ3) is 5.08. The van der Waals surface area contributed by atoms with E-state index >= 15 is 0 Å². The largest absolute Gasteiger partial charge is 0.455 e. The Morgan fingerprint density at radius 3 is 2.04 bits per heavy atom. The minimum Gasteiger partial charge on any atom is -0.455 e. The molecule has 3 heterocycles. The summed E-state index contributed by atoms with van der Waals surface area (Å²) in [5.41, 5.74) is 8.30. The van der Waals surface area contributed by atoms with Crippen LogP contribution in [-0.2, 0) is 5.41 Å². The van der Waals surface area contributed by atoms with Gasteiger partial charge in [-0.3, -0.25) is 0 Å². The van der Waals surface area contributed by atoms with Gasteiger partial charge in [-0.05, 0) is 41.0 Å². The van der Waals surface area contributed by atoms with Crippen molar-refractivity contribution in [3.05, 3.63) is 169 Å². The molecule has 226 valence electrons. The number of allylic oxidation sites excluding steroid dienone is 3. The molecule has 0 aliphatic carbocycles. The lowest BCUT2D eigenvalue weighted by atomic mass is 9.75. The lowest BCUT2D eigenvalue weighted by Crippen LogP contribution is -2.28. The number of ether oxygens (including phenoxy) is 1. The Morgan fingerprint density at radius 2 is 1.34 bits per heavy atom. The summed E-state index contributed by atoms with van der Waals surface area (Å²) < 4.78 is 9.16. The summed E-state index contributed by atoms with van der Waals surface area (Å²) >= 11 is 1.78. The van der Waals surface area contributed by atoms with Gasteiger partial charge in [-0.15, -0.1) is 11.3 Å². The zero-order chi connectivity index (χ0) is 32.1. The van der Waals surface area contributed by atoms with Gasteiger partial charge in [0, 0.05) is 43.1 Å². The monoisotopic (exact) mass is 624 g/mol. The number of nitrogens with zero attached hydrogens (tertiary/aromatic N) is 2. The third-order valence-electron chi connectivity index (χ3n) is 9.10. The first-order valence-corrected chi connectivity index (χ1v) is 16.5. The van der Waals surface area contributed by atoms with Gasteiger partial charge in [-0.1, -0.05) is 136 Å². The van der Waals surface area contributed by atoms with Gasteiger partial charge < -0.3 is 4.74 Å². The molecule has 0 saturated carbocycles. The van der Waals surface area contributed by atoms with Gasteiger partial charge in [0.25, 0.3) is 0 Å². The smallest absolute Gasteiger partial charge is 0.160 e. The van der Waals surface area contributed by atoms with Crippen LogP contribution in [0.5, 0.6) is 5.75 Å². The van der Waals surface area contributed by atoms with Gasteiger partial charge in [-0.25, -0.2) is 9.97 Å². The minimum absolute atomic E-state index is 0.314. The molecule has 1 aliphatic heterocycles. The van der Waals surface area contributed by atoms with Crippen LogP contribution in [0.15, 0.2) is 158 Å². The lowest BCUT2D eigenvalue weighted by molar-refractivity contribution is 0.379. The van der Waals surface area contributed by atoms with Gasteiger partial charge in [0.05, 0.1) is 16.1 Å². The maximum Gasteiger partial charge on any atom is 0.160 e.